The summed E-state index contributed by atoms with van der Waals surface area (Å²) >= 11 is 0. The number of hydrogen-bond donors (Lipinski definition) is 1. The van der Waals surface area contributed by atoms with Crippen LogP contribution in [0.4, 0.5) is 10.5 Å². The lowest BCUT2D eigenvalue weighted by atomic mass is 10.3. The summed E-state index contributed by atoms with van der Waals surface area (Å²) in [7, 11) is 0. The van der Waals surface area contributed by atoms with E-state index < -0.39 is 0 Å². The van der Waals surface area contributed by atoms with Crippen molar-refractivity contribution in [3.8, 4) is 0 Å². The van der Waals surface area contributed by atoms with Crippen LogP contribution in [0.25, 0.3) is 0 Å². The largest absolute Gasteiger partial charge is 0.376 e. The Morgan fingerprint density at radius 2 is 2.37 bits per heavy atom. The fraction of sp³-hybridized carbons (Fsp3) is 0.571. The summed E-state index contributed by atoms with van der Waals surface area (Å²) in [6.07, 6.45) is 7.09. The summed E-state index contributed by atoms with van der Waals surface area (Å²) in [5.41, 5.74) is 0.731. The number of rotatable bonds is 4. The molecular weight excluding hydrogens is 242 g/mol. The zero-order valence-electron chi connectivity index (χ0n) is 10.9. The number of nitrogens with one attached hydrogen (secondary N) is 1. The van der Waals surface area contributed by atoms with Crippen LogP contribution < -0.4 is 5.32 Å². The number of ether oxygens (including phenoxy) is 1. The highest BCUT2D eigenvalue weighted by molar-refractivity contribution is 5.89. The molecule has 1 saturated carbocycles. The van der Waals surface area contributed by atoms with E-state index in [0.717, 1.165) is 31.2 Å². The van der Waals surface area contributed by atoms with Gasteiger partial charge in [0, 0.05) is 25.9 Å². The molecule has 5 nitrogen and oxygen atoms in total. The van der Waals surface area contributed by atoms with Crippen LogP contribution in [0.15, 0.2) is 24.5 Å². The third kappa shape index (κ3) is 3.44. The van der Waals surface area contributed by atoms with Gasteiger partial charge in [0.15, 0.2) is 0 Å². The summed E-state index contributed by atoms with van der Waals surface area (Å²) in [5, 5.41) is 2.85. The van der Waals surface area contributed by atoms with E-state index in [0.29, 0.717) is 6.54 Å². The zero-order valence-corrected chi connectivity index (χ0v) is 10.9. The Hall–Kier alpha value is -1.62. The first-order valence-corrected chi connectivity index (χ1v) is 6.89. The second-order valence-corrected chi connectivity index (χ2v) is 5.31. The Labute approximate surface area is 113 Å². The van der Waals surface area contributed by atoms with Crippen molar-refractivity contribution in [1.82, 2.24) is 9.88 Å². The van der Waals surface area contributed by atoms with Crippen LogP contribution in [0.2, 0.25) is 0 Å². The van der Waals surface area contributed by atoms with E-state index in [1.807, 2.05) is 11.0 Å². The number of anilines is 1. The molecule has 1 aliphatic carbocycles. The highest BCUT2D eigenvalue weighted by atomic mass is 16.5. The van der Waals surface area contributed by atoms with Crippen LogP contribution in [0.5, 0.6) is 0 Å². The van der Waals surface area contributed by atoms with Gasteiger partial charge < -0.3 is 15.0 Å². The number of amides is 2. The third-order valence-electron chi connectivity index (χ3n) is 3.61. The van der Waals surface area contributed by atoms with E-state index in [1.165, 1.54) is 12.8 Å². The molecule has 0 radical (unpaired) electrons. The molecule has 2 aliphatic rings. The normalized spacial score (nSPS) is 22.5. The smallest absolute Gasteiger partial charge is 0.321 e. The van der Waals surface area contributed by atoms with Gasteiger partial charge in [-0.05, 0) is 37.3 Å². The number of hydrogen-bond acceptors (Lipinski definition) is 3. The van der Waals surface area contributed by atoms with Crippen molar-refractivity contribution in [2.75, 3.05) is 25.0 Å². The van der Waals surface area contributed by atoms with Crippen molar-refractivity contribution in [2.45, 2.75) is 25.4 Å². The molecule has 2 fully saturated rings. The predicted molar refractivity (Wildman–Crippen MR) is 71.9 cm³/mol. The Balaban J connectivity index is 1.45. The Kier molecular flexibility index (Phi) is 3.64. The lowest BCUT2D eigenvalue weighted by Gasteiger charge is -2.17. The second-order valence-electron chi connectivity index (χ2n) is 5.31. The van der Waals surface area contributed by atoms with E-state index in [2.05, 4.69) is 10.3 Å². The quantitative estimate of drug-likeness (QED) is 0.903. The fourth-order valence-electron chi connectivity index (χ4n) is 2.24. The van der Waals surface area contributed by atoms with Crippen LogP contribution in [0, 0.1) is 5.92 Å². The molecule has 0 unspecified atom stereocenters. The van der Waals surface area contributed by atoms with Crippen LogP contribution in [0.1, 0.15) is 19.3 Å². The minimum atomic E-state index is -0.0643. The maximum absolute atomic E-state index is 12.0. The van der Waals surface area contributed by atoms with Gasteiger partial charge in [0.25, 0.3) is 0 Å². The molecule has 19 heavy (non-hydrogen) atoms. The van der Waals surface area contributed by atoms with Crippen molar-refractivity contribution in [3.63, 3.8) is 0 Å². The summed E-state index contributed by atoms with van der Waals surface area (Å²) in [4.78, 5) is 17.8. The van der Waals surface area contributed by atoms with E-state index in [4.69, 9.17) is 4.74 Å². The molecular formula is C14H19N3O2. The molecule has 2 heterocycles. The van der Waals surface area contributed by atoms with Crippen molar-refractivity contribution >= 4 is 11.7 Å². The zero-order chi connectivity index (χ0) is 13.1. The molecule has 1 aromatic heterocycles. The number of urea groups is 1. The molecule has 1 atom stereocenters. The Morgan fingerprint density at radius 1 is 1.47 bits per heavy atom. The van der Waals surface area contributed by atoms with Gasteiger partial charge in [0.1, 0.15) is 0 Å². The lowest BCUT2D eigenvalue weighted by molar-refractivity contribution is 0.0543. The average molecular weight is 261 g/mol. The molecule has 1 saturated heterocycles. The molecule has 0 aromatic carbocycles. The minimum absolute atomic E-state index is 0.0643. The van der Waals surface area contributed by atoms with Gasteiger partial charge >= 0.3 is 6.03 Å². The van der Waals surface area contributed by atoms with Gasteiger partial charge in [-0.3, -0.25) is 4.98 Å². The van der Waals surface area contributed by atoms with Gasteiger partial charge in [-0.1, -0.05) is 0 Å². The Morgan fingerprint density at radius 3 is 3.11 bits per heavy atom. The number of aromatic nitrogens is 1. The molecule has 2 amide bonds. The van der Waals surface area contributed by atoms with Crippen molar-refractivity contribution < 1.29 is 9.53 Å². The van der Waals surface area contributed by atoms with E-state index in [9.17, 15) is 4.79 Å². The molecule has 5 heteroatoms. The third-order valence-corrected chi connectivity index (χ3v) is 3.61. The number of pyridine rings is 1. The first-order valence-electron chi connectivity index (χ1n) is 6.89. The van der Waals surface area contributed by atoms with Crippen molar-refractivity contribution in [3.05, 3.63) is 24.5 Å². The van der Waals surface area contributed by atoms with Gasteiger partial charge in [-0.2, -0.15) is 0 Å². The monoisotopic (exact) mass is 261 g/mol. The Bertz CT molecular complexity index is 434. The molecule has 3 rings (SSSR count). The van der Waals surface area contributed by atoms with E-state index in [-0.39, 0.29) is 12.1 Å². The summed E-state index contributed by atoms with van der Waals surface area (Å²) in [5.74, 6) is 0.776. The number of likely N-dealkylation sites (tertiary alicyclic amines) is 1. The maximum Gasteiger partial charge on any atom is 0.321 e. The first-order chi connectivity index (χ1) is 9.31. The van der Waals surface area contributed by atoms with Crippen LogP contribution in [-0.4, -0.2) is 41.7 Å². The average Bonchev–Trinajstić information content (AvgIpc) is 3.14. The van der Waals surface area contributed by atoms with Crippen LogP contribution in [0.3, 0.4) is 0 Å². The van der Waals surface area contributed by atoms with E-state index >= 15 is 0 Å². The predicted octanol–water partition coefficient (Wildman–Crippen LogP) is 2.11. The molecule has 0 bridgehead atoms. The topological polar surface area (TPSA) is 54.5 Å². The van der Waals surface area contributed by atoms with Gasteiger partial charge in [0.2, 0.25) is 0 Å². The minimum Gasteiger partial charge on any atom is -0.376 e. The molecule has 1 N–H and O–H groups in total. The second kappa shape index (κ2) is 5.57. The van der Waals surface area contributed by atoms with Crippen LogP contribution in [-0.2, 0) is 4.74 Å². The highest BCUT2D eigenvalue weighted by Gasteiger charge is 2.29. The van der Waals surface area contributed by atoms with Gasteiger partial charge in [0.05, 0.1) is 18.0 Å². The maximum atomic E-state index is 12.0. The van der Waals surface area contributed by atoms with Crippen LogP contribution >= 0.6 is 0 Å². The molecule has 102 valence electrons. The van der Waals surface area contributed by atoms with E-state index in [1.54, 1.807) is 18.5 Å². The fourth-order valence-corrected chi connectivity index (χ4v) is 2.24. The number of carbonyl (C=O) groups excluding carboxylic acids is 1. The number of carbonyl (C=O) groups is 1. The molecule has 1 aromatic rings. The molecule has 1 aliphatic heterocycles. The summed E-state index contributed by atoms with van der Waals surface area (Å²) < 4.78 is 5.82. The van der Waals surface area contributed by atoms with Gasteiger partial charge in [-0.25, -0.2) is 4.79 Å². The SMILES string of the molecule is O=C(Nc1cccnc1)N1CC[C@H](OCC2CC2)C1. The number of nitrogens with zero attached hydrogens (tertiary/aromatic N) is 2. The van der Waals surface area contributed by atoms with Gasteiger partial charge in [-0.15, -0.1) is 0 Å². The summed E-state index contributed by atoms with van der Waals surface area (Å²) in [6.45, 7) is 2.32. The first kappa shape index (κ1) is 12.4. The standard InChI is InChI=1S/C14H19N3O2/c18-14(16-12-2-1-6-15-8-12)17-7-5-13(9-17)19-10-11-3-4-11/h1-2,6,8,11,13H,3-5,7,9-10H2,(H,16,18)/t13-/m0/s1. The lowest BCUT2D eigenvalue weighted by Crippen LogP contribution is -2.34. The van der Waals surface area contributed by atoms with Crippen molar-refractivity contribution in [1.29, 1.82) is 0 Å². The van der Waals surface area contributed by atoms with Crippen molar-refractivity contribution in [2.24, 2.45) is 5.92 Å². The highest BCUT2D eigenvalue weighted by Crippen LogP contribution is 2.30. The summed E-state index contributed by atoms with van der Waals surface area (Å²) in [6, 6.07) is 3.58. The molecule has 0 spiro atoms.